The number of amides is 2. The topological polar surface area (TPSA) is 78.4 Å². The Bertz CT molecular complexity index is 1300. The number of carbonyl (C=O) groups is 2. The van der Waals surface area contributed by atoms with E-state index in [1.807, 2.05) is 0 Å². The van der Waals surface area contributed by atoms with Crippen molar-refractivity contribution in [3.63, 3.8) is 0 Å². The van der Waals surface area contributed by atoms with Gasteiger partial charge in [-0.15, -0.1) is 0 Å². The minimum atomic E-state index is -2.85. The van der Waals surface area contributed by atoms with Gasteiger partial charge in [0, 0.05) is 54.1 Å². The molecule has 2 fully saturated rings. The highest BCUT2D eigenvalue weighted by Crippen LogP contribution is 2.39. The fraction of sp³-hybridized carbons (Fsp3) is 0.308. The molecule has 11 heteroatoms. The molecule has 1 aromatic heterocycles. The quantitative estimate of drug-likeness (QED) is 0.486. The molecule has 192 valence electrons. The first-order chi connectivity index (χ1) is 17.7. The largest absolute Gasteiger partial charge is 0.351 e. The first kappa shape index (κ1) is 25.0. The lowest BCUT2D eigenvalue weighted by atomic mass is 9.87. The van der Waals surface area contributed by atoms with Crippen LogP contribution < -0.4 is 15.1 Å². The molecule has 2 aliphatic rings. The van der Waals surface area contributed by atoms with Gasteiger partial charge in [-0.05, 0) is 36.8 Å². The van der Waals surface area contributed by atoms with Crippen molar-refractivity contribution < 1.29 is 22.8 Å². The molecule has 0 spiro atoms. The fourth-order valence-corrected chi connectivity index (χ4v) is 4.89. The molecule has 7 nitrogen and oxygen atoms in total. The second-order valence-corrected chi connectivity index (χ2v) is 9.54. The van der Waals surface area contributed by atoms with Crippen LogP contribution in [0.4, 0.5) is 24.8 Å². The van der Waals surface area contributed by atoms with E-state index in [4.69, 9.17) is 11.6 Å². The molecule has 2 aromatic carbocycles. The van der Waals surface area contributed by atoms with Gasteiger partial charge in [0.05, 0.1) is 0 Å². The molecule has 2 unspecified atom stereocenters. The SMILES string of the molecule is O=C(NC1CC(F)(F)C1)C(c1ccccc1Cl)N(C(=O)C1CCN1c1ncccn1)c1cccc(F)c1. The Hall–Kier alpha value is -3.66. The Labute approximate surface area is 216 Å². The van der Waals surface area contributed by atoms with Crippen LogP contribution in [0.15, 0.2) is 67.0 Å². The summed E-state index contributed by atoms with van der Waals surface area (Å²) in [5, 5.41) is 2.83. The van der Waals surface area contributed by atoms with E-state index in [1.54, 1.807) is 47.6 Å². The summed E-state index contributed by atoms with van der Waals surface area (Å²) in [4.78, 5) is 39.1. The highest BCUT2D eigenvalue weighted by molar-refractivity contribution is 6.31. The van der Waals surface area contributed by atoms with Gasteiger partial charge in [0.15, 0.2) is 0 Å². The number of benzene rings is 2. The summed E-state index contributed by atoms with van der Waals surface area (Å²) < 4.78 is 41.3. The molecule has 2 heterocycles. The Morgan fingerprint density at radius 3 is 2.43 bits per heavy atom. The van der Waals surface area contributed by atoms with Crippen LogP contribution in [0.3, 0.4) is 0 Å². The molecular formula is C26H23ClF3N5O2. The van der Waals surface area contributed by atoms with E-state index >= 15 is 0 Å². The van der Waals surface area contributed by atoms with E-state index in [0.29, 0.717) is 18.9 Å². The highest BCUT2D eigenvalue weighted by Gasteiger charge is 2.48. The maximum Gasteiger partial charge on any atom is 0.252 e. The summed E-state index contributed by atoms with van der Waals surface area (Å²) >= 11 is 6.47. The molecule has 1 saturated heterocycles. The monoisotopic (exact) mass is 529 g/mol. The van der Waals surface area contributed by atoms with E-state index in [0.717, 1.165) is 6.07 Å². The molecule has 2 atom stereocenters. The minimum Gasteiger partial charge on any atom is -0.351 e. The summed E-state index contributed by atoms with van der Waals surface area (Å²) in [5.74, 6) is -4.29. The minimum absolute atomic E-state index is 0.129. The van der Waals surface area contributed by atoms with Gasteiger partial charge < -0.3 is 10.2 Å². The van der Waals surface area contributed by atoms with Crippen LogP contribution in [0.25, 0.3) is 0 Å². The van der Waals surface area contributed by atoms with Crippen LogP contribution in [-0.2, 0) is 9.59 Å². The third-order valence-corrected chi connectivity index (χ3v) is 6.92. The van der Waals surface area contributed by atoms with Crippen molar-refractivity contribution in [3.8, 4) is 0 Å². The number of rotatable bonds is 7. The number of hydrogen-bond donors (Lipinski definition) is 1. The van der Waals surface area contributed by atoms with Crippen molar-refractivity contribution >= 4 is 35.1 Å². The number of hydrogen-bond acceptors (Lipinski definition) is 5. The van der Waals surface area contributed by atoms with Gasteiger partial charge in [-0.1, -0.05) is 35.9 Å². The maximum atomic E-state index is 14.4. The Morgan fingerprint density at radius 1 is 1.08 bits per heavy atom. The number of nitrogens with zero attached hydrogens (tertiary/aromatic N) is 4. The zero-order valence-electron chi connectivity index (χ0n) is 19.5. The molecule has 1 aliphatic heterocycles. The third kappa shape index (κ3) is 5.11. The maximum absolute atomic E-state index is 14.4. The number of nitrogens with one attached hydrogen (secondary N) is 1. The normalized spacial score (nSPS) is 19.4. The molecule has 37 heavy (non-hydrogen) atoms. The van der Waals surface area contributed by atoms with E-state index in [-0.39, 0.29) is 16.3 Å². The average Bonchev–Trinajstić information content (AvgIpc) is 2.82. The number of aromatic nitrogens is 2. The summed E-state index contributed by atoms with van der Waals surface area (Å²) in [6.07, 6.45) is 2.57. The van der Waals surface area contributed by atoms with Crippen molar-refractivity contribution in [2.75, 3.05) is 16.3 Å². The lowest BCUT2D eigenvalue weighted by Crippen LogP contribution is -2.60. The summed E-state index contributed by atoms with van der Waals surface area (Å²) in [6.45, 7) is 0.511. The van der Waals surface area contributed by atoms with Gasteiger partial charge in [-0.3, -0.25) is 14.5 Å². The third-order valence-electron chi connectivity index (χ3n) is 6.58. The van der Waals surface area contributed by atoms with E-state index in [2.05, 4.69) is 15.3 Å². The van der Waals surface area contributed by atoms with Crippen LogP contribution in [0.2, 0.25) is 5.02 Å². The lowest BCUT2D eigenvalue weighted by molar-refractivity contribution is -0.133. The van der Waals surface area contributed by atoms with Gasteiger partial charge in [0.1, 0.15) is 17.9 Å². The molecule has 0 bridgehead atoms. The first-order valence-corrected chi connectivity index (χ1v) is 12.2. The molecule has 1 saturated carbocycles. The van der Waals surface area contributed by atoms with Crippen LogP contribution >= 0.6 is 11.6 Å². The average molecular weight is 530 g/mol. The van der Waals surface area contributed by atoms with Crippen LogP contribution in [-0.4, -0.2) is 46.3 Å². The number of halogens is 4. The van der Waals surface area contributed by atoms with Gasteiger partial charge in [-0.25, -0.2) is 23.1 Å². The van der Waals surface area contributed by atoms with Gasteiger partial charge >= 0.3 is 0 Å². The van der Waals surface area contributed by atoms with Crippen LogP contribution in [0.5, 0.6) is 0 Å². The first-order valence-electron chi connectivity index (χ1n) is 11.8. The second-order valence-electron chi connectivity index (χ2n) is 9.13. The molecule has 5 rings (SSSR count). The van der Waals surface area contributed by atoms with Gasteiger partial charge in [0.2, 0.25) is 11.9 Å². The van der Waals surface area contributed by atoms with Crippen molar-refractivity contribution in [2.24, 2.45) is 0 Å². The van der Waals surface area contributed by atoms with Gasteiger partial charge in [-0.2, -0.15) is 0 Å². The second kappa shape index (κ2) is 10.0. The number of alkyl halides is 2. The number of anilines is 2. The van der Waals surface area contributed by atoms with E-state index in [9.17, 15) is 22.8 Å². The van der Waals surface area contributed by atoms with Crippen molar-refractivity contribution in [1.29, 1.82) is 0 Å². The van der Waals surface area contributed by atoms with Crippen LogP contribution in [0, 0.1) is 5.82 Å². The molecule has 1 N–H and O–H groups in total. The predicted molar refractivity (Wildman–Crippen MR) is 132 cm³/mol. The lowest BCUT2D eigenvalue weighted by Gasteiger charge is -2.44. The highest BCUT2D eigenvalue weighted by atomic mass is 35.5. The van der Waals surface area contributed by atoms with E-state index in [1.165, 1.54) is 23.1 Å². The Kier molecular flexibility index (Phi) is 6.76. The predicted octanol–water partition coefficient (Wildman–Crippen LogP) is 4.54. The molecule has 1 aliphatic carbocycles. The molecule has 3 aromatic rings. The smallest absolute Gasteiger partial charge is 0.252 e. The zero-order valence-corrected chi connectivity index (χ0v) is 20.3. The molecule has 0 radical (unpaired) electrons. The summed E-state index contributed by atoms with van der Waals surface area (Å²) in [5.41, 5.74) is 0.414. The van der Waals surface area contributed by atoms with Crippen LogP contribution in [0.1, 0.15) is 30.9 Å². The molecular weight excluding hydrogens is 507 g/mol. The Balaban J connectivity index is 1.55. The summed E-state index contributed by atoms with van der Waals surface area (Å²) in [6, 6.07) is 10.6. The zero-order chi connectivity index (χ0) is 26.2. The van der Waals surface area contributed by atoms with Crippen molar-refractivity contribution in [2.45, 2.75) is 43.3 Å². The van der Waals surface area contributed by atoms with Crippen molar-refractivity contribution in [1.82, 2.24) is 15.3 Å². The standard InChI is InChI=1S/C26H23ClF3N5O2/c27-20-8-2-1-7-19(20)22(23(36)33-17-14-26(29,30)15-17)35(18-6-3-5-16(28)13-18)24(37)21-9-12-34(21)25-31-10-4-11-32-25/h1-8,10-11,13,17,21-22H,9,12,14-15H2,(H,33,36). The van der Waals surface area contributed by atoms with Crippen molar-refractivity contribution in [3.05, 3.63) is 83.4 Å². The molecule has 2 amide bonds. The Morgan fingerprint density at radius 2 is 1.81 bits per heavy atom. The van der Waals surface area contributed by atoms with E-state index < -0.39 is 54.5 Å². The fourth-order valence-electron chi connectivity index (χ4n) is 4.65. The summed E-state index contributed by atoms with van der Waals surface area (Å²) in [7, 11) is 0. The van der Waals surface area contributed by atoms with Gasteiger partial charge in [0.25, 0.3) is 11.8 Å². The number of carbonyl (C=O) groups excluding carboxylic acids is 2.